The summed E-state index contributed by atoms with van der Waals surface area (Å²) in [5, 5.41) is 27.6. The number of thioether (sulfide) groups is 1. The summed E-state index contributed by atoms with van der Waals surface area (Å²) in [7, 11) is 1.45. The first-order valence-electron chi connectivity index (χ1n) is 9.34. The highest BCUT2D eigenvalue weighted by molar-refractivity contribution is 8.00. The van der Waals surface area contributed by atoms with Gasteiger partial charge in [0.2, 0.25) is 17.7 Å². The van der Waals surface area contributed by atoms with Crippen LogP contribution in [-0.2, 0) is 24.0 Å². The lowest BCUT2D eigenvalue weighted by Crippen LogP contribution is -2.49. The van der Waals surface area contributed by atoms with Crippen LogP contribution in [0.1, 0.15) is 12.8 Å². The molecule has 0 fully saturated rings. The Bertz CT molecular complexity index is 781. The smallest absolute Gasteiger partial charge is 0.322 e. The number of carboxylic acids is 2. The molecule has 0 heterocycles. The van der Waals surface area contributed by atoms with E-state index >= 15 is 0 Å². The van der Waals surface area contributed by atoms with Crippen molar-refractivity contribution in [3.05, 3.63) is 30.3 Å². The predicted octanol–water partition coefficient (Wildman–Crippen LogP) is -1.58. The minimum Gasteiger partial charge on any atom is -0.480 e. The van der Waals surface area contributed by atoms with E-state index in [1.807, 2.05) is 6.07 Å². The van der Waals surface area contributed by atoms with Crippen LogP contribution in [0.15, 0.2) is 30.3 Å². The Hall–Kier alpha value is -3.06. The van der Waals surface area contributed by atoms with Gasteiger partial charge in [-0.25, -0.2) is 0 Å². The molecule has 1 aromatic rings. The highest BCUT2D eigenvalue weighted by Gasteiger charge is 2.23. The van der Waals surface area contributed by atoms with Crippen molar-refractivity contribution in [1.82, 2.24) is 15.9 Å². The highest BCUT2D eigenvalue weighted by atomic mass is 32.2. The molecule has 1 aromatic carbocycles. The molecule has 0 aliphatic rings. The Labute approximate surface area is 184 Å². The first-order valence-corrected chi connectivity index (χ1v) is 10.5. The fourth-order valence-corrected chi connectivity index (χ4v) is 3.24. The second-order valence-electron chi connectivity index (χ2n) is 6.38. The maximum absolute atomic E-state index is 12.2. The van der Waals surface area contributed by atoms with Crippen LogP contribution < -0.4 is 21.2 Å². The van der Waals surface area contributed by atoms with Crippen molar-refractivity contribution in [3.8, 4) is 0 Å². The SMILES string of the molecule is BN[C@@H](CCC(=O)N[C@@H](CSCC(=O)Nc1ccccc1)C(=O)NCC(=O)O)C(=O)O. The zero-order chi connectivity index (χ0) is 23.2. The van der Waals surface area contributed by atoms with Gasteiger partial charge in [-0.05, 0) is 18.6 Å². The Balaban J connectivity index is 2.59. The van der Waals surface area contributed by atoms with E-state index in [9.17, 15) is 24.0 Å². The maximum atomic E-state index is 12.2. The van der Waals surface area contributed by atoms with E-state index in [1.165, 1.54) is 7.98 Å². The van der Waals surface area contributed by atoms with E-state index in [-0.39, 0.29) is 30.3 Å². The van der Waals surface area contributed by atoms with Gasteiger partial charge in [0, 0.05) is 17.9 Å². The van der Waals surface area contributed by atoms with Gasteiger partial charge in [-0.1, -0.05) is 18.2 Å². The first-order chi connectivity index (χ1) is 14.7. The van der Waals surface area contributed by atoms with Gasteiger partial charge in [-0.3, -0.25) is 24.0 Å². The summed E-state index contributed by atoms with van der Waals surface area (Å²) in [5.41, 5.74) is 0.620. The molecule has 11 nitrogen and oxygen atoms in total. The number of carbonyl (C=O) groups is 5. The van der Waals surface area contributed by atoms with Crippen molar-refractivity contribution in [2.24, 2.45) is 0 Å². The van der Waals surface area contributed by atoms with Gasteiger partial charge in [0.15, 0.2) is 7.98 Å². The summed E-state index contributed by atoms with van der Waals surface area (Å²) in [4.78, 5) is 58.1. The normalized spacial score (nSPS) is 12.3. The Morgan fingerprint density at radius 3 is 2.26 bits per heavy atom. The molecule has 0 aliphatic heterocycles. The van der Waals surface area contributed by atoms with Crippen molar-refractivity contribution in [2.75, 3.05) is 23.4 Å². The number of benzene rings is 1. The second kappa shape index (κ2) is 14.0. The van der Waals surface area contributed by atoms with Gasteiger partial charge in [-0.15, -0.1) is 11.8 Å². The molecule has 1 rings (SSSR count). The van der Waals surface area contributed by atoms with Crippen LogP contribution in [0.3, 0.4) is 0 Å². The summed E-state index contributed by atoms with van der Waals surface area (Å²) >= 11 is 1.09. The minimum absolute atomic E-state index is 0.00769. The standard InChI is InChI=1S/C18H25BN4O7S/c19-23-12(18(29)30)6-7-14(24)22-13(17(28)20-8-16(26)27)9-31-10-15(25)21-11-4-2-1-3-5-11/h1-5,12-13,23H,6-10,19H2,(H,20,28)(H,21,25)(H,22,24)(H,26,27)(H,29,30)/t12-,13-/m0/s1. The van der Waals surface area contributed by atoms with Crippen molar-refractivity contribution >= 4 is 55.1 Å². The van der Waals surface area contributed by atoms with Crippen molar-refractivity contribution in [2.45, 2.75) is 24.9 Å². The lowest BCUT2D eigenvalue weighted by Gasteiger charge is -2.18. The summed E-state index contributed by atoms with van der Waals surface area (Å²) < 4.78 is 0. The highest BCUT2D eigenvalue weighted by Crippen LogP contribution is 2.09. The van der Waals surface area contributed by atoms with E-state index in [0.717, 1.165) is 11.8 Å². The molecular weight excluding hydrogens is 427 g/mol. The summed E-state index contributed by atoms with van der Waals surface area (Å²) in [6.07, 6.45) is -0.145. The largest absolute Gasteiger partial charge is 0.480 e. The topological polar surface area (TPSA) is 174 Å². The van der Waals surface area contributed by atoms with E-state index in [1.54, 1.807) is 24.3 Å². The fourth-order valence-electron chi connectivity index (χ4n) is 2.39. The third-order valence-electron chi connectivity index (χ3n) is 3.95. The summed E-state index contributed by atoms with van der Waals surface area (Å²) in [6.45, 7) is -0.620. The zero-order valence-electron chi connectivity index (χ0n) is 16.9. The van der Waals surface area contributed by atoms with Gasteiger partial charge in [0.1, 0.15) is 12.6 Å². The number of amides is 3. The van der Waals surface area contributed by atoms with Crippen LogP contribution in [0.2, 0.25) is 0 Å². The minimum atomic E-state index is -1.24. The van der Waals surface area contributed by atoms with E-state index < -0.39 is 42.4 Å². The molecule has 31 heavy (non-hydrogen) atoms. The number of carboxylic acid groups (broad SMARTS) is 2. The number of aliphatic carboxylic acids is 2. The molecule has 0 aliphatic carbocycles. The van der Waals surface area contributed by atoms with Crippen LogP contribution in [0.4, 0.5) is 5.69 Å². The molecule has 0 spiro atoms. The zero-order valence-corrected chi connectivity index (χ0v) is 17.7. The average Bonchev–Trinajstić information content (AvgIpc) is 2.72. The number of anilines is 1. The van der Waals surface area contributed by atoms with E-state index in [0.29, 0.717) is 5.69 Å². The monoisotopic (exact) mass is 452 g/mol. The van der Waals surface area contributed by atoms with Crippen LogP contribution >= 0.6 is 11.8 Å². The number of rotatable bonds is 14. The predicted molar refractivity (Wildman–Crippen MR) is 117 cm³/mol. The molecule has 0 bridgehead atoms. The molecule has 2 atom stereocenters. The van der Waals surface area contributed by atoms with Crippen LogP contribution in [0, 0.1) is 0 Å². The number of hydrogen-bond acceptors (Lipinski definition) is 7. The molecule has 0 saturated carbocycles. The molecule has 13 heteroatoms. The Morgan fingerprint density at radius 1 is 1.00 bits per heavy atom. The molecule has 0 unspecified atom stereocenters. The van der Waals surface area contributed by atoms with Gasteiger partial charge in [-0.2, -0.15) is 0 Å². The molecule has 168 valence electrons. The average molecular weight is 452 g/mol. The molecular formula is C18H25BN4O7S. The lowest BCUT2D eigenvalue weighted by atomic mass is 10.1. The number of hydrogen-bond donors (Lipinski definition) is 6. The van der Waals surface area contributed by atoms with Gasteiger partial charge >= 0.3 is 11.9 Å². The maximum Gasteiger partial charge on any atom is 0.322 e. The second-order valence-corrected chi connectivity index (χ2v) is 7.41. The molecule has 3 amide bonds. The third kappa shape index (κ3) is 11.1. The number of para-hydroxylation sites is 1. The summed E-state index contributed by atoms with van der Waals surface area (Å²) in [5.74, 6) is -3.90. The summed E-state index contributed by atoms with van der Waals surface area (Å²) in [6, 6.07) is 6.79. The van der Waals surface area contributed by atoms with E-state index in [2.05, 4.69) is 21.2 Å². The first kappa shape index (κ1) is 26.0. The van der Waals surface area contributed by atoms with Crippen molar-refractivity contribution < 1.29 is 34.2 Å². The fraction of sp³-hybridized carbons (Fsp3) is 0.389. The molecule has 0 aromatic heterocycles. The molecule has 6 N–H and O–H groups in total. The van der Waals surface area contributed by atoms with Crippen molar-refractivity contribution in [3.63, 3.8) is 0 Å². The van der Waals surface area contributed by atoms with Crippen molar-refractivity contribution in [1.29, 1.82) is 0 Å². The molecule has 0 radical (unpaired) electrons. The number of carbonyl (C=O) groups excluding carboxylic acids is 3. The van der Waals surface area contributed by atoms with Gasteiger partial charge in [0.05, 0.1) is 11.8 Å². The Kier molecular flexibility index (Phi) is 11.8. The van der Waals surface area contributed by atoms with Gasteiger partial charge < -0.3 is 31.4 Å². The van der Waals surface area contributed by atoms with Gasteiger partial charge in [0.25, 0.3) is 0 Å². The third-order valence-corrected chi connectivity index (χ3v) is 4.98. The Morgan fingerprint density at radius 2 is 1.68 bits per heavy atom. The lowest BCUT2D eigenvalue weighted by molar-refractivity contribution is -0.139. The van der Waals surface area contributed by atoms with E-state index in [4.69, 9.17) is 10.2 Å². The molecule has 0 saturated heterocycles. The van der Waals surface area contributed by atoms with Crippen LogP contribution in [-0.4, -0.2) is 78.0 Å². The van der Waals surface area contributed by atoms with Crippen LogP contribution in [0.5, 0.6) is 0 Å². The quantitative estimate of drug-likeness (QED) is 0.182. The number of nitrogens with one attached hydrogen (secondary N) is 4. The van der Waals surface area contributed by atoms with Crippen LogP contribution in [0.25, 0.3) is 0 Å².